The van der Waals surface area contributed by atoms with Crippen molar-refractivity contribution in [3.63, 3.8) is 0 Å². The molecule has 6 heteroatoms. The zero-order valence-corrected chi connectivity index (χ0v) is 14.3. The fourth-order valence-corrected chi connectivity index (χ4v) is 3.43. The monoisotopic (exact) mass is 337 g/mol. The molecule has 3 aromatic rings. The lowest BCUT2D eigenvalue weighted by Crippen LogP contribution is -2.27. The van der Waals surface area contributed by atoms with Crippen molar-refractivity contribution >= 4 is 5.82 Å². The van der Waals surface area contributed by atoms with E-state index in [1.807, 2.05) is 12.1 Å². The summed E-state index contributed by atoms with van der Waals surface area (Å²) in [6.07, 6.45) is 4.94. The van der Waals surface area contributed by atoms with Crippen molar-refractivity contribution in [3.8, 4) is 22.5 Å². The maximum absolute atomic E-state index is 13.3. The summed E-state index contributed by atoms with van der Waals surface area (Å²) in [5, 5.41) is 4.82. The summed E-state index contributed by atoms with van der Waals surface area (Å²) in [6.45, 7) is 5.34. The molecule has 5 nitrogen and oxygen atoms in total. The number of rotatable bonds is 2. The van der Waals surface area contributed by atoms with Gasteiger partial charge in [-0.1, -0.05) is 13.8 Å². The number of anilines is 1. The summed E-state index contributed by atoms with van der Waals surface area (Å²) in [5.41, 5.74) is 10.7. The Morgan fingerprint density at radius 2 is 2.04 bits per heavy atom. The van der Waals surface area contributed by atoms with E-state index in [2.05, 4.69) is 28.5 Å². The van der Waals surface area contributed by atoms with Gasteiger partial charge in [-0.25, -0.2) is 9.37 Å². The second kappa shape index (κ2) is 5.65. The first-order valence-corrected chi connectivity index (χ1v) is 8.36. The molecule has 0 fully saturated rings. The average Bonchev–Trinajstić information content (AvgIpc) is 2.92. The maximum Gasteiger partial charge on any atom is 0.141 e. The molecule has 0 aromatic carbocycles. The fourth-order valence-electron chi connectivity index (χ4n) is 3.43. The number of nitrogen functional groups attached to an aromatic ring is 1. The van der Waals surface area contributed by atoms with Crippen molar-refractivity contribution in [1.82, 2.24) is 19.7 Å². The minimum absolute atomic E-state index is 0.195. The number of pyridine rings is 2. The third-order valence-electron chi connectivity index (χ3n) is 4.71. The quantitative estimate of drug-likeness (QED) is 0.774. The highest BCUT2D eigenvalue weighted by atomic mass is 19.1. The van der Waals surface area contributed by atoms with E-state index in [4.69, 9.17) is 10.8 Å². The largest absolute Gasteiger partial charge is 0.384 e. The lowest BCUT2D eigenvalue weighted by molar-refractivity contribution is 0.235. The van der Waals surface area contributed by atoms with Crippen LogP contribution in [0, 0.1) is 11.2 Å². The van der Waals surface area contributed by atoms with Crippen molar-refractivity contribution in [1.29, 1.82) is 0 Å². The van der Waals surface area contributed by atoms with Crippen molar-refractivity contribution in [2.45, 2.75) is 33.2 Å². The first-order valence-electron chi connectivity index (χ1n) is 8.36. The summed E-state index contributed by atoms with van der Waals surface area (Å²) in [6, 6.07) is 6.86. The molecule has 0 amide bonds. The highest BCUT2D eigenvalue weighted by Gasteiger charge is 2.31. The highest BCUT2D eigenvalue weighted by molar-refractivity contribution is 5.82. The summed E-state index contributed by atoms with van der Waals surface area (Å²) >= 11 is 0. The number of aromatic nitrogens is 4. The van der Waals surface area contributed by atoms with Crippen LogP contribution in [-0.2, 0) is 13.0 Å². The molecular weight excluding hydrogens is 317 g/mol. The van der Waals surface area contributed by atoms with Crippen LogP contribution in [0.2, 0.25) is 0 Å². The molecule has 128 valence electrons. The number of nitrogens with two attached hydrogens (primary N) is 1. The van der Waals surface area contributed by atoms with Gasteiger partial charge in [0.05, 0.1) is 11.9 Å². The van der Waals surface area contributed by atoms with Crippen molar-refractivity contribution in [3.05, 3.63) is 48.2 Å². The lowest BCUT2D eigenvalue weighted by Gasteiger charge is -2.30. The van der Waals surface area contributed by atoms with Crippen LogP contribution in [0.4, 0.5) is 10.2 Å². The lowest BCUT2D eigenvalue weighted by atomic mass is 9.83. The maximum atomic E-state index is 13.3. The molecule has 0 atom stereocenters. The topological polar surface area (TPSA) is 69.6 Å². The third kappa shape index (κ3) is 2.88. The Kier molecular flexibility index (Phi) is 3.56. The van der Waals surface area contributed by atoms with Gasteiger partial charge in [-0.2, -0.15) is 5.10 Å². The SMILES string of the molecule is CC1(C)CCc2c(-c3ccnc(N)c3)c(-c3ccc(F)cn3)nn2C1. The molecule has 1 aliphatic rings. The van der Waals surface area contributed by atoms with Gasteiger partial charge in [-0.05, 0) is 48.1 Å². The number of hydrogen-bond donors (Lipinski definition) is 1. The minimum Gasteiger partial charge on any atom is -0.384 e. The van der Waals surface area contributed by atoms with Gasteiger partial charge in [0.1, 0.15) is 17.3 Å². The van der Waals surface area contributed by atoms with Crippen LogP contribution in [0.3, 0.4) is 0 Å². The van der Waals surface area contributed by atoms with Crippen molar-refractivity contribution < 1.29 is 4.39 Å². The van der Waals surface area contributed by atoms with E-state index in [9.17, 15) is 4.39 Å². The fraction of sp³-hybridized carbons (Fsp3) is 0.316. The van der Waals surface area contributed by atoms with E-state index in [0.717, 1.165) is 36.2 Å². The Morgan fingerprint density at radius 1 is 1.20 bits per heavy atom. The molecule has 4 rings (SSSR count). The molecule has 0 aliphatic carbocycles. The normalized spacial score (nSPS) is 15.8. The van der Waals surface area contributed by atoms with Crippen LogP contribution in [0.15, 0.2) is 36.7 Å². The van der Waals surface area contributed by atoms with Gasteiger partial charge < -0.3 is 5.73 Å². The standard InChI is InChI=1S/C19H20FN5/c1-19(2)7-5-15-17(12-6-8-22-16(21)9-12)18(24-25(15)11-19)14-4-3-13(20)10-23-14/h3-4,6,8-10H,5,7,11H2,1-2H3,(H2,21,22). The van der Waals surface area contributed by atoms with Gasteiger partial charge in [0, 0.05) is 24.0 Å². The number of fused-ring (bicyclic) bond motifs is 1. The first kappa shape index (κ1) is 15.7. The Labute approximate surface area is 145 Å². The Morgan fingerprint density at radius 3 is 2.76 bits per heavy atom. The summed E-state index contributed by atoms with van der Waals surface area (Å²) < 4.78 is 15.4. The van der Waals surface area contributed by atoms with Crippen LogP contribution < -0.4 is 5.73 Å². The molecule has 25 heavy (non-hydrogen) atoms. The molecule has 0 radical (unpaired) electrons. The molecule has 0 bridgehead atoms. The van der Waals surface area contributed by atoms with Crippen LogP contribution in [0.25, 0.3) is 22.5 Å². The predicted octanol–water partition coefficient (Wildman–Crippen LogP) is 3.70. The number of halogens is 1. The zero-order valence-electron chi connectivity index (χ0n) is 14.3. The van der Waals surface area contributed by atoms with E-state index in [1.54, 1.807) is 12.3 Å². The summed E-state index contributed by atoms with van der Waals surface area (Å²) in [7, 11) is 0. The third-order valence-corrected chi connectivity index (χ3v) is 4.71. The molecular formula is C19H20FN5. The van der Waals surface area contributed by atoms with Crippen LogP contribution in [-0.4, -0.2) is 19.7 Å². The van der Waals surface area contributed by atoms with Crippen LogP contribution in [0.1, 0.15) is 26.0 Å². The average molecular weight is 337 g/mol. The van der Waals surface area contributed by atoms with E-state index in [0.29, 0.717) is 11.5 Å². The van der Waals surface area contributed by atoms with Crippen LogP contribution >= 0.6 is 0 Å². The molecule has 0 unspecified atom stereocenters. The van der Waals surface area contributed by atoms with Crippen LogP contribution in [0.5, 0.6) is 0 Å². The van der Waals surface area contributed by atoms with Crippen molar-refractivity contribution in [2.24, 2.45) is 5.41 Å². The van der Waals surface area contributed by atoms with Gasteiger partial charge >= 0.3 is 0 Å². The molecule has 2 N–H and O–H groups in total. The van der Waals surface area contributed by atoms with Gasteiger partial charge in [0.2, 0.25) is 0 Å². The van der Waals surface area contributed by atoms with Gasteiger partial charge in [-0.3, -0.25) is 9.67 Å². The number of hydrogen-bond acceptors (Lipinski definition) is 4. The molecule has 1 aliphatic heterocycles. The summed E-state index contributed by atoms with van der Waals surface area (Å²) in [4.78, 5) is 8.32. The van der Waals surface area contributed by atoms with E-state index < -0.39 is 0 Å². The molecule has 3 aromatic heterocycles. The van der Waals surface area contributed by atoms with E-state index in [-0.39, 0.29) is 11.2 Å². The van der Waals surface area contributed by atoms with E-state index >= 15 is 0 Å². The highest BCUT2D eigenvalue weighted by Crippen LogP contribution is 2.40. The Hall–Kier alpha value is -2.76. The van der Waals surface area contributed by atoms with Crippen molar-refractivity contribution in [2.75, 3.05) is 5.73 Å². The minimum atomic E-state index is -0.358. The Bertz CT molecular complexity index is 927. The van der Waals surface area contributed by atoms with E-state index in [1.165, 1.54) is 18.0 Å². The Balaban J connectivity index is 1.94. The molecule has 0 saturated heterocycles. The molecule has 0 saturated carbocycles. The van der Waals surface area contributed by atoms with Gasteiger partial charge in [0.15, 0.2) is 0 Å². The summed E-state index contributed by atoms with van der Waals surface area (Å²) in [5.74, 6) is 0.107. The van der Waals surface area contributed by atoms with Gasteiger partial charge in [-0.15, -0.1) is 0 Å². The number of nitrogens with zero attached hydrogens (tertiary/aromatic N) is 4. The predicted molar refractivity (Wildman–Crippen MR) is 95.2 cm³/mol. The first-order chi connectivity index (χ1) is 11.9. The zero-order chi connectivity index (χ0) is 17.6. The smallest absolute Gasteiger partial charge is 0.141 e. The second-order valence-corrected chi connectivity index (χ2v) is 7.32. The second-order valence-electron chi connectivity index (χ2n) is 7.32. The molecule has 4 heterocycles. The molecule has 0 spiro atoms. The van der Waals surface area contributed by atoms with Gasteiger partial charge in [0.25, 0.3) is 0 Å².